The van der Waals surface area contributed by atoms with Crippen LogP contribution >= 0.6 is 0 Å². The average Bonchev–Trinajstić information content (AvgIpc) is 3.32. The van der Waals surface area contributed by atoms with Gasteiger partial charge >= 0.3 is 0 Å². The lowest BCUT2D eigenvalue weighted by molar-refractivity contribution is 0.370. The molecule has 0 saturated carbocycles. The summed E-state index contributed by atoms with van der Waals surface area (Å²) in [7, 11) is 1.74. The molecule has 9 heteroatoms. The second kappa shape index (κ2) is 8.89. The lowest BCUT2D eigenvalue weighted by Crippen LogP contribution is -2.52. The largest absolute Gasteiger partial charge is 0.366 e. The number of hydrogen-bond acceptors (Lipinski definition) is 4. The van der Waals surface area contributed by atoms with Crippen molar-refractivity contribution in [3.63, 3.8) is 0 Å². The third kappa shape index (κ3) is 4.40. The number of nitrogens with zero attached hydrogens (tertiary/aromatic N) is 5. The molecule has 30 heavy (non-hydrogen) atoms. The molecule has 156 valence electrons. The molecule has 0 spiro atoms. The van der Waals surface area contributed by atoms with Crippen LogP contribution in [0.15, 0.2) is 53.8 Å². The Balaban J connectivity index is 1.36. The van der Waals surface area contributed by atoms with E-state index in [-0.39, 0.29) is 0 Å². The van der Waals surface area contributed by atoms with Crippen LogP contribution in [0, 0.1) is 11.6 Å². The van der Waals surface area contributed by atoms with Crippen molar-refractivity contribution in [2.75, 3.05) is 38.1 Å². The zero-order valence-corrected chi connectivity index (χ0v) is 16.6. The summed E-state index contributed by atoms with van der Waals surface area (Å²) in [4.78, 5) is 12.5. The van der Waals surface area contributed by atoms with Crippen molar-refractivity contribution in [3.8, 4) is 11.4 Å². The molecule has 0 radical (unpaired) electrons. The van der Waals surface area contributed by atoms with Gasteiger partial charge in [0.1, 0.15) is 18.0 Å². The summed E-state index contributed by atoms with van der Waals surface area (Å²) in [5.41, 5.74) is 2.36. The lowest BCUT2D eigenvalue weighted by Gasteiger charge is -2.37. The second-order valence-corrected chi connectivity index (χ2v) is 7.01. The van der Waals surface area contributed by atoms with E-state index in [1.165, 1.54) is 18.5 Å². The summed E-state index contributed by atoms with van der Waals surface area (Å²) < 4.78 is 27.5. The fraction of sp³-hybridized carbons (Fsp3) is 0.286. The highest BCUT2D eigenvalue weighted by molar-refractivity contribution is 5.80. The topological polar surface area (TPSA) is 72.4 Å². The number of H-pyrrole nitrogens is 1. The molecule has 0 aliphatic carbocycles. The Bertz CT molecular complexity index is 1010. The van der Waals surface area contributed by atoms with Gasteiger partial charge in [0.2, 0.25) is 0 Å². The molecule has 0 bridgehead atoms. The molecule has 1 aliphatic heterocycles. The van der Waals surface area contributed by atoms with Crippen LogP contribution in [0.3, 0.4) is 0 Å². The molecule has 3 aromatic rings. The Kier molecular flexibility index (Phi) is 5.87. The van der Waals surface area contributed by atoms with E-state index in [0.717, 1.165) is 29.0 Å². The predicted octanol–water partition coefficient (Wildman–Crippen LogP) is 2.65. The number of rotatable bonds is 4. The fourth-order valence-corrected chi connectivity index (χ4v) is 3.57. The number of aromatic amines is 1. The van der Waals surface area contributed by atoms with Crippen molar-refractivity contribution in [1.82, 2.24) is 25.4 Å². The number of anilines is 1. The molecule has 1 fully saturated rings. The molecule has 1 aliphatic rings. The van der Waals surface area contributed by atoms with Gasteiger partial charge in [0, 0.05) is 51.4 Å². The molecular weight excluding hydrogens is 388 g/mol. The number of benzene rings is 2. The Labute approximate surface area is 173 Å². The first-order chi connectivity index (χ1) is 14.6. The number of piperazine rings is 1. The van der Waals surface area contributed by atoms with Crippen molar-refractivity contribution in [3.05, 3.63) is 66.0 Å². The van der Waals surface area contributed by atoms with Crippen LogP contribution in [-0.2, 0) is 6.54 Å². The number of nitrogens with one attached hydrogen (secondary N) is 2. The maximum absolute atomic E-state index is 14.1. The van der Waals surface area contributed by atoms with Gasteiger partial charge < -0.3 is 15.1 Å². The summed E-state index contributed by atoms with van der Waals surface area (Å²) in [6.45, 7) is 3.10. The zero-order valence-electron chi connectivity index (χ0n) is 16.6. The van der Waals surface area contributed by atoms with Gasteiger partial charge in [0.05, 0.1) is 5.69 Å². The number of aliphatic imine (C=N–C) groups is 1. The normalized spacial score (nSPS) is 14.8. The second-order valence-electron chi connectivity index (χ2n) is 7.01. The molecule has 0 atom stereocenters. The van der Waals surface area contributed by atoms with Gasteiger partial charge in [-0.3, -0.25) is 10.1 Å². The minimum absolute atomic E-state index is 0.307. The van der Waals surface area contributed by atoms with Gasteiger partial charge in [-0.2, -0.15) is 5.10 Å². The quantitative estimate of drug-likeness (QED) is 0.510. The number of guanidine groups is 1. The van der Waals surface area contributed by atoms with Gasteiger partial charge in [-0.25, -0.2) is 13.8 Å². The highest BCUT2D eigenvalue weighted by Crippen LogP contribution is 2.22. The van der Waals surface area contributed by atoms with Gasteiger partial charge in [0.25, 0.3) is 0 Å². The Morgan fingerprint density at radius 2 is 1.97 bits per heavy atom. The number of hydrogen-bond donors (Lipinski definition) is 2. The molecule has 1 saturated heterocycles. The monoisotopic (exact) mass is 411 g/mol. The molecule has 2 heterocycles. The zero-order chi connectivity index (χ0) is 20.9. The standard InChI is InChI=1S/C21H23F2N7/c1-24-21(25-13-15-3-2-4-16(11-15)20-26-14-27-28-20)30-9-7-29(8-10-30)19-12-17(22)5-6-18(19)23/h2-6,11-12,14H,7-10,13H2,1H3,(H,24,25)(H,26,27,28). The van der Waals surface area contributed by atoms with E-state index < -0.39 is 11.6 Å². The van der Waals surface area contributed by atoms with Crippen LogP contribution in [0.25, 0.3) is 11.4 Å². The minimum atomic E-state index is -0.432. The van der Waals surface area contributed by atoms with E-state index in [1.807, 2.05) is 29.2 Å². The van der Waals surface area contributed by atoms with E-state index in [1.54, 1.807) is 7.05 Å². The fourth-order valence-electron chi connectivity index (χ4n) is 3.57. The summed E-state index contributed by atoms with van der Waals surface area (Å²) >= 11 is 0. The van der Waals surface area contributed by atoms with Crippen LogP contribution in [0.5, 0.6) is 0 Å². The molecular formula is C21H23F2N7. The average molecular weight is 411 g/mol. The van der Waals surface area contributed by atoms with Crippen molar-refractivity contribution in [2.24, 2.45) is 4.99 Å². The van der Waals surface area contributed by atoms with E-state index in [4.69, 9.17) is 0 Å². The Hall–Kier alpha value is -3.49. The highest BCUT2D eigenvalue weighted by atomic mass is 19.1. The van der Waals surface area contributed by atoms with Gasteiger partial charge in [-0.1, -0.05) is 18.2 Å². The predicted molar refractivity (Wildman–Crippen MR) is 112 cm³/mol. The smallest absolute Gasteiger partial charge is 0.194 e. The van der Waals surface area contributed by atoms with Crippen LogP contribution in [0.4, 0.5) is 14.5 Å². The molecule has 2 aromatic carbocycles. The summed E-state index contributed by atoms with van der Waals surface area (Å²) in [5.74, 6) is 0.666. The van der Waals surface area contributed by atoms with E-state index >= 15 is 0 Å². The molecule has 1 aromatic heterocycles. The van der Waals surface area contributed by atoms with Crippen LogP contribution in [0.2, 0.25) is 0 Å². The molecule has 4 rings (SSSR count). The van der Waals surface area contributed by atoms with Gasteiger partial charge in [-0.05, 0) is 23.8 Å². The number of halogens is 2. The first-order valence-corrected chi connectivity index (χ1v) is 9.74. The van der Waals surface area contributed by atoms with Gasteiger partial charge in [-0.15, -0.1) is 0 Å². The minimum Gasteiger partial charge on any atom is -0.366 e. The SMILES string of the molecule is CN=C(NCc1cccc(-c2ncn[nH]2)c1)N1CCN(c2cc(F)ccc2F)CC1. The van der Waals surface area contributed by atoms with Crippen molar-refractivity contribution in [2.45, 2.75) is 6.54 Å². The van der Waals surface area contributed by atoms with E-state index in [9.17, 15) is 8.78 Å². The van der Waals surface area contributed by atoms with Crippen LogP contribution in [0.1, 0.15) is 5.56 Å². The Morgan fingerprint density at radius 3 is 2.70 bits per heavy atom. The Morgan fingerprint density at radius 1 is 1.13 bits per heavy atom. The van der Waals surface area contributed by atoms with Crippen LogP contribution < -0.4 is 10.2 Å². The molecule has 7 nitrogen and oxygen atoms in total. The third-order valence-electron chi connectivity index (χ3n) is 5.11. The highest BCUT2D eigenvalue weighted by Gasteiger charge is 2.22. The first kappa shape index (κ1) is 19.8. The van der Waals surface area contributed by atoms with E-state index in [2.05, 4.69) is 30.4 Å². The summed E-state index contributed by atoms with van der Waals surface area (Å²) in [6, 6.07) is 11.6. The third-order valence-corrected chi connectivity index (χ3v) is 5.11. The molecule has 0 unspecified atom stereocenters. The summed E-state index contributed by atoms with van der Waals surface area (Å²) in [5, 5.41) is 10.1. The first-order valence-electron chi connectivity index (χ1n) is 9.74. The van der Waals surface area contributed by atoms with E-state index in [0.29, 0.717) is 38.4 Å². The van der Waals surface area contributed by atoms with Crippen molar-refractivity contribution in [1.29, 1.82) is 0 Å². The molecule has 0 amide bonds. The van der Waals surface area contributed by atoms with Crippen molar-refractivity contribution < 1.29 is 8.78 Å². The maximum atomic E-state index is 14.1. The molecule has 2 N–H and O–H groups in total. The lowest BCUT2D eigenvalue weighted by atomic mass is 10.1. The summed E-state index contributed by atoms with van der Waals surface area (Å²) in [6.07, 6.45) is 1.48. The van der Waals surface area contributed by atoms with Crippen LogP contribution in [-0.4, -0.2) is 59.3 Å². The maximum Gasteiger partial charge on any atom is 0.194 e. The van der Waals surface area contributed by atoms with Crippen molar-refractivity contribution >= 4 is 11.6 Å². The van der Waals surface area contributed by atoms with Gasteiger partial charge in [0.15, 0.2) is 11.8 Å². The number of aromatic nitrogens is 3.